The van der Waals surface area contributed by atoms with Gasteiger partial charge in [0.1, 0.15) is 11.5 Å². The molecule has 3 rings (SSSR count). The molecule has 2 unspecified atom stereocenters. The Morgan fingerprint density at radius 3 is 2.60 bits per heavy atom. The summed E-state index contributed by atoms with van der Waals surface area (Å²) in [5, 5.41) is 12.2. The molecule has 1 heterocycles. The lowest BCUT2D eigenvalue weighted by Gasteiger charge is -2.26. The summed E-state index contributed by atoms with van der Waals surface area (Å²) in [6.45, 7) is 0.426. The summed E-state index contributed by atoms with van der Waals surface area (Å²) in [5.41, 5.74) is 1.27. The van der Waals surface area contributed by atoms with Crippen LogP contribution in [0.3, 0.4) is 0 Å². The molecule has 2 aromatic rings. The Labute approximate surface area is 145 Å². The molecule has 0 spiro atoms. The molecule has 2 N–H and O–H groups in total. The van der Waals surface area contributed by atoms with Crippen molar-refractivity contribution in [2.24, 2.45) is 0 Å². The number of aliphatic carboxylic acids is 1. The number of carboxylic acids is 1. The molecule has 0 bridgehead atoms. The number of para-hydroxylation sites is 1. The molecule has 0 saturated heterocycles. The molecule has 0 aromatic heterocycles. The maximum Gasteiger partial charge on any atom is 0.330 e. The highest BCUT2D eigenvalue weighted by Crippen LogP contribution is 2.34. The fourth-order valence-electron chi connectivity index (χ4n) is 2.94. The summed E-state index contributed by atoms with van der Waals surface area (Å²) in [5.74, 6) is -0.564. The average Bonchev–Trinajstić information content (AvgIpc) is 2.65. The Balaban J connectivity index is 1.81. The third-order valence-corrected chi connectivity index (χ3v) is 4.26. The van der Waals surface area contributed by atoms with Gasteiger partial charge < -0.3 is 19.9 Å². The lowest BCUT2D eigenvalue weighted by Crippen LogP contribution is -2.38. The summed E-state index contributed by atoms with van der Waals surface area (Å²) in [6, 6.07) is 12.8. The van der Waals surface area contributed by atoms with Gasteiger partial charge in [-0.15, -0.1) is 0 Å². The molecule has 6 heteroatoms. The molecule has 2 atom stereocenters. The SMILES string of the molecule is COc1ccc(C(NC(=O)C2CCOc3ccccc32)C(=O)O)cc1. The van der Waals surface area contributed by atoms with Crippen molar-refractivity contribution in [3.8, 4) is 11.5 Å². The number of carbonyl (C=O) groups excluding carboxylic acids is 1. The van der Waals surface area contributed by atoms with E-state index in [9.17, 15) is 14.7 Å². The monoisotopic (exact) mass is 341 g/mol. The van der Waals surface area contributed by atoms with Gasteiger partial charge >= 0.3 is 5.97 Å². The number of hydrogen-bond donors (Lipinski definition) is 2. The minimum Gasteiger partial charge on any atom is -0.497 e. The van der Waals surface area contributed by atoms with E-state index in [0.717, 1.165) is 5.56 Å². The van der Waals surface area contributed by atoms with Crippen molar-refractivity contribution in [1.82, 2.24) is 5.32 Å². The van der Waals surface area contributed by atoms with E-state index in [2.05, 4.69) is 5.32 Å². The largest absolute Gasteiger partial charge is 0.497 e. The zero-order valence-corrected chi connectivity index (χ0v) is 13.8. The summed E-state index contributed by atoms with van der Waals surface area (Å²) in [6.07, 6.45) is 0.512. The van der Waals surface area contributed by atoms with Gasteiger partial charge in [-0.2, -0.15) is 0 Å². The molecular weight excluding hydrogens is 322 g/mol. The summed E-state index contributed by atoms with van der Waals surface area (Å²) in [4.78, 5) is 24.4. The number of carboxylic acid groups (broad SMARTS) is 1. The second-order valence-corrected chi connectivity index (χ2v) is 5.78. The van der Waals surface area contributed by atoms with E-state index in [-0.39, 0.29) is 5.91 Å². The highest BCUT2D eigenvalue weighted by atomic mass is 16.5. The van der Waals surface area contributed by atoms with E-state index < -0.39 is 17.9 Å². The molecule has 1 aliphatic heterocycles. The van der Waals surface area contributed by atoms with Crippen LogP contribution in [-0.2, 0) is 9.59 Å². The Hall–Kier alpha value is -3.02. The fraction of sp³-hybridized carbons (Fsp3) is 0.263. The van der Waals surface area contributed by atoms with Crippen molar-refractivity contribution in [2.75, 3.05) is 13.7 Å². The first-order valence-corrected chi connectivity index (χ1v) is 7.99. The van der Waals surface area contributed by atoms with Crippen molar-refractivity contribution >= 4 is 11.9 Å². The smallest absolute Gasteiger partial charge is 0.330 e. The lowest BCUT2D eigenvalue weighted by molar-refractivity contribution is -0.142. The first-order valence-electron chi connectivity index (χ1n) is 7.99. The molecule has 2 aromatic carbocycles. The van der Waals surface area contributed by atoms with Crippen LogP contribution in [0.4, 0.5) is 0 Å². The highest BCUT2D eigenvalue weighted by molar-refractivity contribution is 5.89. The topological polar surface area (TPSA) is 84.9 Å². The van der Waals surface area contributed by atoms with Gasteiger partial charge in [-0.1, -0.05) is 30.3 Å². The maximum atomic E-state index is 12.7. The highest BCUT2D eigenvalue weighted by Gasteiger charge is 2.31. The number of rotatable bonds is 5. The number of carbonyl (C=O) groups is 2. The van der Waals surface area contributed by atoms with Crippen LogP contribution in [0.1, 0.15) is 29.5 Å². The minimum absolute atomic E-state index is 0.320. The maximum absolute atomic E-state index is 12.7. The molecule has 0 radical (unpaired) electrons. The number of methoxy groups -OCH3 is 1. The molecule has 0 fully saturated rings. The Morgan fingerprint density at radius 2 is 1.92 bits per heavy atom. The van der Waals surface area contributed by atoms with E-state index in [1.165, 1.54) is 7.11 Å². The van der Waals surface area contributed by atoms with E-state index in [1.807, 2.05) is 24.3 Å². The fourth-order valence-corrected chi connectivity index (χ4v) is 2.94. The average molecular weight is 341 g/mol. The van der Waals surface area contributed by atoms with Gasteiger partial charge in [0.05, 0.1) is 19.6 Å². The van der Waals surface area contributed by atoms with Crippen molar-refractivity contribution in [3.63, 3.8) is 0 Å². The van der Waals surface area contributed by atoms with Crippen LogP contribution in [0.25, 0.3) is 0 Å². The molecule has 25 heavy (non-hydrogen) atoms. The first-order chi connectivity index (χ1) is 12.1. The third kappa shape index (κ3) is 3.57. The van der Waals surface area contributed by atoms with Crippen molar-refractivity contribution in [1.29, 1.82) is 0 Å². The molecule has 0 aliphatic carbocycles. The molecule has 1 aliphatic rings. The summed E-state index contributed by atoms with van der Waals surface area (Å²) >= 11 is 0. The van der Waals surface area contributed by atoms with Crippen LogP contribution in [0.2, 0.25) is 0 Å². The molecule has 1 amide bonds. The zero-order chi connectivity index (χ0) is 17.8. The lowest BCUT2D eigenvalue weighted by atomic mass is 9.91. The van der Waals surface area contributed by atoms with Crippen molar-refractivity contribution in [3.05, 3.63) is 59.7 Å². The van der Waals surface area contributed by atoms with Gasteiger partial charge in [-0.05, 0) is 30.2 Å². The van der Waals surface area contributed by atoms with Gasteiger partial charge in [-0.3, -0.25) is 4.79 Å². The van der Waals surface area contributed by atoms with Crippen LogP contribution in [-0.4, -0.2) is 30.7 Å². The first kappa shape index (κ1) is 16.8. The number of hydrogen-bond acceptors (Lipinski definition) is 4. The molecule has 130 valence electrons. The Kier molecular flexibility index (Phi) is 4.88. The number of fused-ring (bicyclic) bond motifs is 1. The van der Waals surface area contributed by atoms with E-state index in [4.69, 9.17) is 9.47 Å². The summed E-state index contributed by atoms with van der Waals surface area (Å²) < 4.78 is 10.6. The van der Waals surface area contributed by atoms with Gasteiger partial charge in [0.2, 0.25) is 5.91 Å². The number of nitrogens with one attached hydrogen (secondary N) is 1. The second kappa shape index (κ2) is 7.25. The van der Waals surface area contributed by atoms with Crippen molar-refractivity contribution in [2.45, 2.75) is 18.4 Å². The quantitative estimate of drug-likeness (QED) is 0.873. The van der Waals surface area contributed by atoms with Crippen LogP contribution in [0, 0.1) is 0 Å². The van der Waals surface area contributed by atoms with E-state index in [1.54, 1.807) is 24.3 Å². The second-order valence-electron chi connectivity index (χ2n) is 5.78. The normalized spacial score (nSPS) is 16.9. The minimum atomic E-state index is -1.12. The Morgan fingerprint density at radius 1 is 1.20 bits per heavy atom. The van der Waals surface area contributed by atoms with Crippen LogP contribution >= 0.6 is 0 Å². The third-order valence-electron chi connectivity index (χ3n) is 4.26. The van der Waals surface area contributed by atoms with Crippen LogP contribution in [0.5, 0.6) is 11.5 Å². The number of amides is 1. The van der Waals surface area contributed by atoms with E-state index in [0.29, 0.717) is 30.1 Å². The Bertz CT molecular complexity index is 772. The summed E-state index contributed by atoms with van der Waals surface area (Å²) in [7, 11) is 1.54. The predicted molar refractivity (Wildman–Crippen MR) is 90.8 cm³/mol. The van der Waals surface area contributed by atoms with Crippen molar-refractivity contribution < 1.29 is 24.2 Å². The van der Waals surface area contributed by atoms with Crippen LogP contribution in [0.15, 0.2) is 48.5 Å². The molecule has 6 nitrogen and oxygen atoms in total. The van der Waals surface area contributed by atoms with Gasteiger partial charge in [0, 0.05) is 5.56 Å². The standard InChI is InChI=1S/C19H19NO5/c1-24-13-8-6-12(7-9-13)17(19(22)23)20-18(21)15-10-11-25-16-5-3-2-4-14(15)16/h2-9,15,17H,10-11H2,1H3,(H,20,21)(H,22,23). The number of benzene rings is 2. The van der Waals surface area contributed by atoms with Gasteiger partial charge in [0.15, 0.2) is 6.04 Å². The molecular formula is C19H19NO5. The predicted octanol–water partition coefficient (Wildman–Crippen LogP) is 2.50. The van der Waals surface area contributed by atoms with E-state index >= 15 is 0 Å². The number of ether oxygens (including phenoxy) is 2. The van der Waals surface area contributed by atoms with Gasteiger partial charge in [-0.25, -0.2) is 4.79 Å². The van der Waals surface area contributed by atoms with Gasteiger partial charge in [0.25, 0.3) is 0 Å². The zero-order valence-electron chi connectivity index (χ0n) is 13.8. The molecule has 0 saturated carbocycles. The van der Waals surface area contributed by atoms with Crippen LogP contribution < -0.4 is 14.8 Å².